The number of aromatic nitrogens is 1. The van der Waals surface area contributed by atoms with Crippen LogP contribution in [0.25, 0.3) is 0 Å². The average Bonchev–Trinajstić information content (AvgIpc) is 2.09. The van der Waals surface area contributed by atoms with Gasteiger partial charge in [0.15, 0.2) is 5.75 Å². The van der Waals surface area contributed by atoms with Gasteiger partial charge in [0.2, 0.25) is 0 Å². The van der Waals surface area contributed by atoms with E-state index in [1.165, 1.54) is 0 Å². The van der Waals surface area contributed by atoms with Gasteiger partial charge in [0.25, 0.3) is 0 Å². The highest BCUT2D eigenvalue weighted by molar-refractivity contribution is 9.10. The lowest BCUT2D eigenvalue weighted by Gasteiger charge is -2.04. The van der Waals surface area contributed by atoms with Crippen LogP contribution in [0.4, 0.5) is 4.39 Å². The zero-order chi connectivity index (χ0) is 8.81. The van der Waals surface area contributed by atoms with E-state index in [0.717, 1.165) is 0 Å². The molecule has 1 heterocycles. The highest BCUT2D eigenvalue weighted by atomic mass is 79.9. The molecular formula is C8H9BrFNO. The maximum Gasteiger partial charge on any atom is 0.152 e. The van der Waals surface area contributed by atoms with E-state index in [-0.39, 0.29) is 6.67 Å². The van der Waals surface area contributed by atoms with Gasteiger partial charge in [0, 0.05) is 12.6 Å². The summed E-state index contributed by atoms with van der Waals surface area (Å²) in [5.74, 6) is 0.658. The predicted octanol–water partition coefficient (Wildman–Crippen LogP) is 2.58. The van der Waals surface area contributed by atoms with Crippen LogP contribution in [0, 0.1) is 0 Å². The third-order valence-corrected chi connectivity index (χ3v) is 1.86. The Hall–Kier alpha value is -0.640. The van der Waals surface area contributed by atoms with E-state index in [1.54, 1.807) is 18.3 Å². The van der Waals surface area contributed by atoms with Crippen molar-refractivity contribution in [3.63, 3.8) is 0 Å². The molecule has 0 saturated heterocycles. The van der Waals surface area contributed by atoms with Crippen LogP contribution in [-0.2, 0) is 0 Å². The second-order valence-corrected chi connectivity index (χ2v) is 2.93. The maximum atomic E-state index is 11.7. The molecule has 0 amide bonds. The molecule has 0 spiro atoms. The molecule has 1 aromatic heterocycles. The second-order valence-electron chi connectivity index (χ2n) is 2.18. The van der Waals surface area contributed by atoms with Gasteiger partial charge in [-0.2, -0.15) is 0 Å². The number of halogens is 2. The standard InChI is InChI=1S/C8H9BrFNO/c9-8-7(3-1-5-11-8)12-6-2-4-10/h1,3,5H,2,4,6H2. The van der Waals surface area contributed by atoms with Crippen molar-refractivity contribution in [2.45, 2.75) is 6.42 Å². The fourth-order valence-electron chi connectivity index (χ4n) is 0.716. The molecule has 0 fully saturated rings. The van der Waals surface area contributed by atoms with Crippen LogP contribution in [-0.4, -0.2) is 18.3 Å². The van der Waals surface area contributed by atoms with Crippen LogP contribution in [0.2, 0.25) is 0 Å². The fraction of sp³-hybridized carbons (Fsp3) is 0.375. The van der Waals surface area contributed by atoms with Crippen molar-refractivity contribution in [2.75, 3.05) is 13.3 Å². The predicted molar refractivity (Wildman–Crippen MR) is 48.0 cm³/mol. The van der Waals surface area contributed by atoms with Crippen LogP contribution >= 0.6 is 15.9 Å². The molecule has 4 heteroatoms. The minimum Gasteiger partial charge on any atom is -0.491 e. The largest absolute Gasteiger partial charge is 0.491 e. The van der Waals surface area contributed by atoms with Crippen LogP contribution in [0.1, 0.15) is 6.42 Å². The number of hydrogen-bond acceptors (Lipinski definition) is 2. The molecule has 0 aliphatic rings. The molecule has 12 heavy (non-hydrogen) atoms. The van der Waals surface area contributed by atoms with Crippen LogP contribution in [0.5, 0.6) is 5.75 Å². The first-order chi connectivity index (χ1) is 5.84. The molecule has 1 aromatic rings. The smallest absolute Gasteiger partial charge is 0.152 e. The van der Waals surface area contributed by atoms with E-state index >= 15 is 0 Å². The Morgan fingerprint density at radius 1 is 1.58 bits per heavy atom. The molecule has 0 aliphatic carbocycles. The summed E-state index contributed by atoms with van der Waals surface area (Å²) in [5, 5.41) is 0. The summed E-state index contributed by atoms with van der Waals surface area (Å²) in [6.45, 7) is 0.0404. The zero-order valence-corrected chi connectivity index (χ0v) is 8.05. The molecule has 0 radical (unpaired) electrons. The molecule has 0 saturated carbocycles. The van der Waals surface area contributed by atoms with Crippen molar-refractivity contribution in [1.29, 1.82) is 0 Å². The quantitative estimate of drug-likeness (QED) is 0.590. The molecule has 0 aromatic carbocycles. The minimum atomic E-state index is -0.349. The summed E-state index contributed by atoms with van der Waals surface area (Å²) in [5.41, 5.74) is 0. The Bertz CT molecular complexity index is 244. The SMILES string of the molecule is FCCCOc1cccnc1Br. The first-order valence-electron chi connectivity index (χ1n) is 3.64. The lowest BCUT2D eigenvalue weighted by molar-refractivity contribution is 0.287. The molecule has 0 atom stereocenters. The first-order valence-corrected chi connectivity index (χ1v) is 4.43. The number of nitrogens with zero attached hydrogens (tertiary/aromatic N) is 1. The van der Waals surface area contributed by atoms with Gasteiger partial charge in [-0.3, -0.25) is 4.39 Å². The summed E-state index contributed by atoms with van der Waals surface area (Å²) in [4.78, 5) is 3.96. The zero-order valence-electron chi connectivity index (χ0n) is 6.46. The number of pyridine rings is 1. The third-order valence-electron chi connectivity index (χ3n) is 1.26. The molecular weight excluding hydrogens is 225 g/mol. The van der Waals surface area contributed by atoms with Crippen LogP contribution in [0.3, 0.4) is 0 Å². The summed E-state index contributed by atoms with van der Waals surface area (Å²) in [6, 6.07) is 3.56. The first kappa shape index (κ1) is 9.45. The van der Waals surface area contributed by atoms with Gasteiger partial charge in [-0.05, 0) is 28.1 Å². The van der Waals surface area contributed by atoms with E-state index in [4.69, 9.17) is 4.74 Å². The Labute approximate surface area is 78.9 Å². The topological polar surface area (TPSA) is 22.1 Å². The summed E-state index contributed by atoms with van der Waals surface area (Å²) in [7, 11) is 0. The van der Waals surface area contributed by atoms with Crippen molar-refractivity contribution in [3.8, 4) is 5.75 Å². The molecule has 2 nitrogen and oxygen atoms in total. The van der Waals surface area contributed by atoms with Crippen LogP contribution in [0.15, 0.2) is 22.9 Å². The summed E-state index contributed by atoms with van der Waals surface area (Å²) >= 11 is 3.22. The summed E-state index contributed by atoms with van der Waals surface area (Å²) < 4.78 is 17.6. The highest BCUT2D eigenvalue weighted by Crippen LogP contribution is 2.20. The number of alkyl halides is 1. The Kier molecular flexibility index (Phi) is 4.00. The highest BCUT2D eigenvalue weighted by Gasteiger charge is 1.98. The number of rotatable bonds is 4. The van der Waals surface area contributed by atoms with E-state index in [2.05, 4.69) is 20.9 Å². The molecule has 0 N–H and O–H groups in total. The van der Waals surface area contributed by atoms with Gasteiger partial charge in [0.05, 0.1) is 13.3 Å². The van der Waals surface area contributed by atoms with Gasteiger partial charge in [-0.1, -0.05) is 0 Å². The Balaban J connectivity index is 2.46. The average molecular weight is 234 g/mol. The maximum absolute atomic E-state index is 11.7. The van der Waals surface area contributed by atoms with Crippen molar-refractivity contribution in [2.24, 2.45) is 0 Å². The van der Waals surface area contributed by atoms with Crippen LogP contribution < -0.4 is 4.74 Å². The normalized spacial score (nSPS) is 9.83. The van der Waals surface area contributed by atoms with Crippen molar-refractivity contribution in [3.05, 3.63) is 22.9 Å². The van der Waals surface area contributed by atoms with Crippen molar-refractivity contribution < 1.29 is 9.13 Å². The molecule has 0 aliphatic heterocycles. The van der Waals surface area contributed by atoms with E-state index in [0.29, 0.717) is 23.4 Å². The lowest BCUT2D eigenvalue weighted by Crippen LogP contribution is -1.98. The molecule has 1 rings (SSSR count). The number of hydrogen-bond donors (Lipinski definition) is 0. The molecule has 66 valence electrons. The molecule has 0 bridgehead atoms. The monoisotopic (exact) mass is 233 g/mol. The number of ether oxygens (including phenoxy) is 1. The fourth-order valence-corrected chi connectivity index (χ4v) is 1.08. The van der Waals surface area contributed by atoms with E-state index in [9.17, 15) is 4.39 Å². The van der Waals surface area contributed by atoms with Gasteiger partial charge >= 0.3 is 0 Å². The van der Waals surface area contributed by atoms with E-state index < -0.39 is 0 Å². The minimum absolute atomic E-state index is 0.349. The van der Waals surface area contributed by atoms with E-state index in [1.807, 2.05) is 0 Å². The second kappa shape index (κ2) is 5.09. The summed E-state index contributed by atoms with van der Waals surface area (Å²) in [6.07, 6.45) is 2.08. The molecule has 0 unspecified atom stereocenters. The Morgan fingerprint density at radius 2 is 2.42 bits per heavy atom. The Morgan fingerprint density at radius 3 is 3.08 bits per heavy atom. The van der Waals surface area contributed by atoms with Gasteiger partial charge in [-0.15, -0.1) is 0 Å². The van der Waals surface area contributed by atoms with Gasteiger partial charge in [-0.25, -0.2) is 4.98 Å². The van der Waals surface area contributed by atoms with Gasteiger partial charge in [0.1, 0.15) is 4.60 Å². The third kappa shape index (κ3) is 2.77. The van der Waals surface area contributed by atoms with Crippen molar-refractivity contribution in [1.82, 2.24) is 4.98 Å². The van der Waals surface area contributed by atoms with Gasteiger partial charge < -0.3 is 4.74 Å². The lowest BCUT2D eigenvalue weighted by atomic mass is 10.4. The van der Waals surface area contributed by atoms with Crippen molar-refractivity contribution >= 4 is 15.9 Å².